The maximum absolute atomic E-state index is 5.54. The molecule has 3 aliphatic heterocycles. The topological polar surface area (TPSA) is 55.4 Å². The minimum absolute atomic E-state index is 0.0359. The molecule has 132 valence electrons. The standard InChI is InChI=1S/C7H15BO2.C4H9BO2.C3H7BO2/c1-6(2)7(3,4)10-8(5)9-6;1-5-6-3-2-4-7-5;1-4-5-2-3-6-4/h1-5H3;2-4H2,1H3;2-3H2,1H3. The summed E-state index contributed by atoms with van der Waals surface area (Å²) in [7, 11) is 0.0174. The average Bonchev–Trinajstić information content (AvgIpc) is 2.96. The van der Waals surface area contributed by atoms with Crippen LogP contribution in [-0.2, 0) is 27.9 Å². The molecule has 3 rings (SSSR count). The van der Waals surface area contributed by atoms with E-state index in [0.29, 0.717) is 0 Å². The van der Waals surface area contributed by atoms with Crippen LogP contribution in [0.1, 0.15) is 34.1 Å². The van der Waals surface area contributed by atoms with Gasteiger partial charge in [0.15, 0.2) is 0 Å². The lowest BCUT2D eigenvalue weighted by Gasteiger charge is -2.32. The molecule has 0 N–H and O–H groups in total. The van der Waals surface area contributed by atoms with E-state index < -0.39 is 0 Å². The van der Waals surface area contributed by atoms with Crippen molar-refractivity contribution in [3.8, 4) is 0 Å². The lowest BCUT2D eigenvalue weighted by atomic mass is 9.90. The van der Waals surface area contributed by atoms with Crippen molar-refractivity contribution in [2.75, 3.05) is 26.4 Å². The number of hydrogen-bond donors (Lipinski definition) is 0. The second-order valence-electron chi connectivity index (χ2n) is 6.80. The van der Waals surface area contributed by atoms with Crippen LogP contribution in [0.15, 0.2) is 0 Å². The quantitative estimate of drug-likeness (QED) is 0.637. The highest BCUT2D eigenvalue weighted by Gasteiger charge is 2.48. The van der Waals surface area contributed by atoms with Crippen LogP contribution in [0, 0.1) is 0 Å². The van der Waals surface area contributed by atoms with E-state index in [9.17, 15) is 0 Å². The van der Waals surface area contributed by atoms with Gasteiger partial charge < -0.3 is 27.9 Å². The Labute approximate surface area is 142 Å². The van der Waals surface area contributed by atoms with E-state index >= 15 is 0 Å². The summed E-state index contributed by atoms with van der Waals surface area (Å²) in [5, 5.41) is 0. The molecule has 6 nitrogen and oxygen atoms in total. The molecule has 0 bridgehead atoms. The fraction of sp³-hybridized carbons (Fsp3) is 1.00. The Morgan fingerprint density at radius 2 is 0.913 bits per heavy atom. The Kier molecular flexibility index (Phi) is 8.62. The SMILES string of the molecule is CB1OC(C)(C)C(C)(C)O1.CB1OCCCO1.CB1OCCO1. The molecule has 0 atom stereocenters. The third-order valence-corrected chi connectivity index (χ3v) is 4.15. The van der Waals surface area contributed by atoms with Crippen molar-refractivity contribution in [2.24, 2.45) is 0 Å². The van der Waals surface area contributed by atoms with E-state index in [0.717, 1.165) is 32.8 Å². The lowest BCUT2D eigenvalue weighted by Crippen LogP contribution is -2.41. The average molecular weight is 328 g/mol. The zero-order chi connectivity index (χ0) is 17.5. The molecule has 0 saturated carbocycles. The third-order valence-electron chi connectivity index (χ3n) is 4.15. The van der Waals surface area contributed by atoms with Crippen molar-refractivity contribution >= 4 is 21.4 Å². The second kappa shape index (κ2) is 9.44. The highest BCUT2D eigenvalue weighted by molar-refractivity contribution is 6.43. The van der Waals surface area contributed by atoms with Gasteiger partial charge in [0.1, 0.15) is 0 Å². The van der Waals surface area contributed by atoms with Crippen LogP contribution < -0.4 is 0 Å². The van der Waals surface area contributed by atoms with Gasteiger partial charge in [0.25, 0.3) is 0 Å². The Balaban J connectivity index is 0.000000179. The third kappa shape index (κ3) is 7.58. The van der Waals surface area contributed by atoms with Gasteiger partial charge in [-0.3, -0.25) is 0 Å². The van der Waals surface area contributed by atoms with E-state index in [1.165, 1.54) is 0 Å². The molecule has 23 heavy (non-hydrogen) atoms. The van der Waals surface area contributed by atoms with Crippen LogP contribution in [0.3, 0.4) is 0 Å². The van der Waals surface area contributed by atoms with E-state index in [1.807, 2.05) is 20.5 Å². The lowest BCUT2D eigenvalue weighted by molar-refractivity contribution is 0.00578. The van der Waals surface area contributed by atoms with E-state index in [2.05, 4.69) is 27.7 Å². The van der Waals surface area contributed by atoms with Crippen LogP contribution in [0.2, 0.25) is 20.5 Å². The zero-order valence-corrected chi connectivity index (χ0v) is 15.7. The molecule has 0 radical (unpaired) electrons. The molecule has 0 aromatic rings. The number of hydrogen-bond acceptors (Lipinski definition) is 6. The first-order chi connectivity index (χ1) is 10.6. The van der Waals surface area contributed by atoms with Gasteiger partial charge in [0.2, 0.25) is 0 Å². The molecule has 3 heterocycles. The minimum atomic E-state index is -0.160. The predicted molar refractivity (Wildman–Crippen MR) is 93.6 cm³/mol. The van der Waals surface area contributed by atoms with Gasteiger partial charge in [-0.05, 0) is 54.6 Å². The molecule has 0 amide bonds. The Morgan fingerprint density at radius 3 is 1.04 bits per heavy atom. The largest absolute Gasteiger partial charge is 0.454 e. The molecule has 3 aliphatic rings. The Bertz CT molecular complexity index is 314. The minimum Gasteiger partial charge on any atom is -0.411 e. The molecule has 9 heteroatoms. The summed E-state index contributed by atoms with van der Waals surface area (Å²) in [6.45, 7) is 17.2. The van der Waals surface area contributed by atoms with Gasteiger partial charge in [-0.15, -0.1) is 0 Å². The monoisotopic (exact) mass is 328 g/mol. The fourth-order valence-corrected chi connectivity index (χ4v) is 2.22. The molecule has 0 aliphatic carbocycles. The smallest absolute Gasteiger partial charge is 0.411 e. The molecule has 3 saturated heterocycles. The predicted octanol–water partition coefficient (Wildman–Crippen LogP) is 2.40. The maximum Gasteiger partial charge on any atom is 0.454 e. The molecule has 0 spiro atoms. The van der Waals surface area contributed by atoms with Gasteiger partial charge in [0.05, 0.1) is 24.4 Å². The fourth-order valence-electron chi connectivity index (χ4n) is 2.22. The van der Waals surface area contributed by atoms with Crippen LogP contribution in [0.4, 0.5) is 0 Å². The van der Waals surface area contributed by atoms with Crippen molar-refractivity contribution in [1.82, 2.24) is 0 Å². The van der Waals surface area contributed by atoms with Crippen LogP contribution >= 0.6 is 0 Å². The molecule has 3 fully saturated rings. The summed E-state index contributed by atoms with van der Waals surface area (Å²) in [6.07, 6.45) is 1.05. The molecule has 0 aromatic carbocycles. The van der Waals surface area contributed by atoms with Gasteiger partial charge in [-0.25, -0.2) is 0 Å². The first kappa shape index (κ1) is 21.0. The van der Waals surface area contributed by atoms with Crippen molar-refractivity contribution in [3.63, 3.8) is 0 Å². The van der Waals surface area contributed by atoms with Crippen molar-refractivity contribution in [2.45, 2.75) is 65.8 Å². The highest BCUT2D eigenvalue weighted by Crippen LogP contribution is 2.36. The number of rotatable bonds is 0. The summed E-state index contributed by atoms with van der Waals surface area (Å²) in [6, 6.07) is 0. The van der Waals surface area contributed by atoms with E-state index in [-0.39, 0.29) is 32.6 Å². The summed E-state index contributed by atoms with van der Waals surface area (Å²) < 4.78 is 31.1. The molecule has 0 aromatic heterocycles. The molecular weight excluding hydrogens is 297 g/mol. The maximum atomic E-state index is 5.54. The van der Waals surface area contributed by atoms with Crippen molar-refractivity contribution in [3.05, 3.63) is 0 Å². The highest BCUT2D eigenvalue weighted by atomic mass is 16.7. The summed E-state index contributed by atoms with van der Waals surface area (Å²) >= 11 is 0. The second-order valence-corrected chi connectivity index (χ2v) is 6.80. The first-order valence-electron chi connectivity index (χ1n) is 8.46. The van der Waals surface area contributed by atoms with Crippen LogP contribution in [0.25, 0.3) is 0 Å². The summed E-state index contributed by atoms with van der Waals surface area (Å²) in [5.74, 6) is 0. The van der Waals surface area contributed by atoms with Crippen molar-refractivity contribution < 1.29 is 27.9 Å². The normalized spacial score (nSPS) is 25.4. The van der Waals surface area contributed by atoms with Gasteiger partial charge >= 0.3 is 21.4 Å². The Morgan fingerprint density at radius 1 is 0.565 bits per heavy atom. The van der Waals surface area contributed by atoms with E-state index in [1.54, 1.807) is 0 Å². The van der Waals surface area contributed by atoms with Gasteiger partial charge in [-0.2, -0.15) is 0 Å². The summed E-state index contributed by atoms with van der Waals surface area (Å²) in [4.78, 5) is 0. The van der Waals surface area contributed by atoms with Crippen LogP contribution in [0.5, 0.6) is 0 Å². The van der Waals surface area contributed by atoms with Crippen molar-refractivity contribution in [1.29, 1.82) is 0 Å². The molecule has 0 unspecified atom stereocenters. The van der Waals surface area contributed by atoms with E-state index in [4.69, 9.17) is 27.9 Å². The van der Waals surface area contributed by atoms with Gasteiger partial charge in [-0.1, -0.05) is 0 Å². The van der Waals surface area contributed by atoms with Crippen LogP contribution in [-0.4, -0.2) is 59.0 Å². The first-order valence-corrected chi connectivity index (χ1v) is 8.46. The van der Waals surface area contributed by atoms with Gasteiger partial charge in [0, 0.05) is 13.2 Å². The Hall–Kier alpha value is -0.0452. The summed E-state index contributed by atoms with van der Waals surface area (Å²) in [5.41, 5.74) is -0.321. The molecular formula is C14H31B3O6. The zero-order valence-electron chi connectivity index (χ0n) is 15.7.